The summed E-state index contributed by atoms with van der Waals surface area (Å²) >= 11 is 0. The molecule has 0 spiro atoms. The number of nitrogens with zero attached hydrogens (tertiary/aromatic N) is 2. The zero-order valence-corrected chi connectivity index (χ0v) is 18.2. The summed E-state index contributed by atoms with van der Waals surface area (Å²) in [7, 11) is 0. The number of amides is 6. The van der Waals surface area contributed by atoms with Gasteiger partial charge in [-0.3, -0.25) is 29.5 Å². The van der Waals surface area contributed by atoms with Crippen LogP contribution in [0.25, 0.3) is 0 Å². The van der Waals surface area contributed by atoms with E-state index in [2.05, 4.69) is 10.7 Å². The Morgan fingerprint density at radius 2 is 1.58 bits per heavy atom. The van der Waals surface area contributed by atoms with Crippen LogP contribution < -0.4 is 10.7 Å². The zero-order valence-electron chi connectivity index (χ0n) is 18.2. The second-order valence-electron chi connectivity index (χ2n) is 8.40. The molecule has 2 aromatic carbocycles. The minimum absolute atomic E-state index is 0.145. The van der Waals surface area contributed by atoms with E-state index in [-0.39, 0.29) is 36.8 Å². The molecule has 0 radical (unpaired) electrons. The van der Waals surface area contributed by atoms with Crippen molar-refractivity contribution in [2.75, 3.05) is 0 Å². The van der Waals surface area contributed by atoms with Gasteiger partial charge in [0.25, 0.3) is 11.8 Å². The van der Waals surface area contributed by atoms with Crippen LogP contribution in [0.2, 0.25) is 0 Å². The van der Waals surface area contributed by atoms with Gasteiger partial charge in [-0.1, -0.05) is 42.5 Å². The molecule has 0 unspecified atom stereocenters. The standard InChI is InChI=1S/C24H24N4O5/c1-24(14-13-16-5-3-2-4-6-16)22(32)28(23(33)25-24)26-21(31)18-9-7-17(8-10-18)15-27-19(29)11-12-20(27)30/h2-10H,11-15H2,1H3,(H,25,33)(H,26,31)/t24-/m1/s1. The molecule has 4 rings (SSSR count). The van der Waals surface area contributed by atoms with Crippen molar-refractivity contribution in [3.05, 3.63) is 71.3 Å². The number of hydrazine groups is 1. The van der Waals surface area contributed by atoms with E-state index in [1.54, 1.807) is 19.1 Å². The van der Waals surface area contributed by atoms with Crippen molar-refractivity contribution in [1.82, 2.24) is 20.7 Å². The molecule has 2 aliphatic rings. The van der Waals surface area contributed by atoms with Crippen molar-refractivity contribution in [3.8, 4) is 0 Å². The van der Waals surface area contributed by atoms with Crippen molar-refractivity contribution in [1.29, 1.82) is 0 Å². The van der Waals surface area contributed by atoms with Crippen LogP contribution in [-0.2, 0) is 27.3 Å². The van der Waals surface area contributed by atoms with Crippen LogP contribution in [0.5, 0.6) is 0 Å². The quantitative estimate of drug-likeness (QED) is 0.496. The van der Waals surface area contributed by atoms with Gasteiger partial charge >= 0.3 is 6.03 Å². The predicted octanol–water partition coefficient (Wildman–Crippen LogP) is 1.92. The summed E-state index contributed by atoms with van der Waals surface area (Å²) in [4.78, 5) is 62.7. The molecule has 2 saturated heterocycles. The van der Waals surface area contributed by atoms with Gasteiger partial charge in [-0.2, -0.15) is 5.01 Å². The molecule has 2 fully saturated rings. The number of hydrogen-bond donors (Lipinski definition) is 2. The first-order valence-electron chi connectivity index (χ1n) is 10.7. The molecule has 0 bridgehead atoms. The van der Waals surface area contributed by atoms with Gasteiger partial charge in [-0.05, 0) is 43.0 Å². The van der Waals surface area contributed by atoms with Crippen molar-refractivity contribution in [2.45, 2.75) is 44.7 Å². The summed E-state index contributed by atoms with van der Waals surface area (Å²) in [5.74, 6) is -1.57. The lowest BCUT2D eigenvalue weighted by molar-refractivity contribution is -0.139. The second kappa shape index (κ2) is 8.85. The van der Waals surface area contributed by atoms with E-state index in [0.29, 0.717) is 23.4 Å². The lowest BCUT2D eigenvalue weighted by Gasteiger charge is -2.21. The van der Waals surface area contributed by atoms with Gasteiger partial charge in [-0.25, -0.2) is 4.79 Å². The number of likely N-dealkylation sites (tertiary alicyclic amines) is 1. The fourth-order valence-corrected chi connectivity index (χ4v) is 3.90. The van der Waals surface area contributed by atoms with Crippen LogP contribution in [0.3, 0.4) is 0 Å². The molecule has 6 amide bonds. The maximum atomic E-state index is 12.9. The minimum atomic E-state index is -1.13. The van der Waals surface area contributed by atoms with Gasteiger partial charge in [0.2, 0.25) is 11.8 Å². The Hall–Kier alpha value is -4.01. The highest BCUT2D eigenvalue weighted by molar-refractivity contribution is 6.09. The molecule has 2 N–H and O–H groups in total. The highest BCUT2D eigenvalue weighted by Crippen LogP contribution is 2.23. The number of aryl methyl sites for hydroxylation is 1. The summed E-state index contributed by atoms with van der Waals surface area (Å²) in [5, 5.41) is 3.38. The molecule has 9 heteroatoms. The maximum absolute atomic E-state index is 12.9. The number of urea groups is 1. The normalized spacial score (nSPS) is 20.4. The minimum Gasteiger partial charge on any atom is -0.322 e. The van der Waals surface area contributed by atoms with Crippen molar-refractivity contribution in [2.24, 2.45) is 0 Å². The summed E-state index contributed by atoms with van der Waals surface area (Å²) < 4.78 is 0. The van der Waals surface area contributed by atoms with Gasteiger partial charge < -0.3 is 5.32 Å². The third-order valence-corrected chi connectivity index (χ3v) is 5.94. The van der Waals surface area contributed by atoms with Crippen LogP contribution in [-0.4, -0.2) is 45.1 Å². The molecule has 2 aromatic rings. The van der Waals surface area contributed by atoms with Crippen LogP contribution in [0.4, 0.5) is 4.79 Å². The lowest BCUT2D eigenvalue weighted by Crippen LogP contribution is -2.48. The van der Waals surface area contributed by atoms with Gasteiger partial charge in [0, 0.05) is 18.4 Å². The SMILES string of the molecule is C[C@]1(CCc2ccccc2)NC(=O)N(NC(=O)c2ccc(CN3C(=O)CCC3=O)cc2)C1=O. The monoisotopic (exact) mass is 448 g/mol. The molecule has 170 valence electrons. The molecule has 1 atom stereocenters. The fraction of sp³-hybridized carbons (Fsp3) is 0.292. The van der Waals surface area contributed by atoms with E-state index in [0.717, 1.165) is 5.56 Å². The Bertz CT molecular complexity index is 1100. The molecule has 0 aliphatic carbocycles. The largest absolute Gasteiger partial charge is 0.344 e. The van der Waals surface area contributed by atoms with Crippen molar-refractivity contribution < 1.29 is 24.0 Å². The van der Waals surface area contributed by atoms with Gasteiger partial charge in [-0.15, -0.1) is 0 Å². The molecule has 9 nitrogen and oxygen atoms in total. The van der Waals surface area contributed by atoms with E-state index in [1.165, 1.54) is 17.0 Å². The maximum Gasteiger partial charge on any atom is 0.344 e. The summed E-state index contributed by atoms with van der Waals surface area (Å²) in [5.41, 5.74) is 3.21. The molecule has 33 heavy (non-hydrogen) atoms. The number of carbonyl (C=O) groups is 5. The number of carbonyl (C=O) groups excluding carboxylic acids is 5. The smallest absolute Gasteiger partial charge is 0.322 e. The van der Waals surface area contributed by atoms with Gasteiger partial charge in [0.05, 0.1) is 6.54 Å². The Balaban J connectivity index is 1.37. The first-order valence-corrected chi connectivity index (χ1v) is 10.7. The number of imide groups is 2. The van der Waals surface area contributed by atoms with Gasteiger partial charge in [0.1, 0.15) is 5.54 Å². The van der Waals surface area contributed by atoms with Crippen LogP contribution in [0.15, 0.2) is 54.6 Å². The number of nitrogens with one attached hydrogen (secondary N) is 2. The molecule has 2 aliphatic heterocycles. The molecular weight excluding hydrogens is 424 g/mol. The predicted molar refractivity (Wildman–Crippen MR) is 117 cm³/mol. The van der Waals surface area contributed by atoms with E-state index < -0.39 is 23.4 Å². The molecule has 0 saturated carbocycles. The number of hydrogen-bond acceptors (Lipinski definition) is 5. The Morgan fingerprint density at radius 1 is 0.939 bits per heavy atom. The van der Waals surface area contributed by atoms with E-state index in [4.69, 9.17) is 0 Å². The van der Waals surface area contributed by atoms with Crippen LogP contribution in [0, 0.1) is 0 Å². The van der Waals surface area contributed by atoms with Crippen molar-refractivity contribution in [3.63, 3.8) is 0 Å². The third-order valence-electron chi connectivity index (χ3n) is 5.94. The molecule has 0 aromatic heterocycles. The van der Waals surface area contributed by atoms with E-state index in [1.807, 2.05) is 30.3 Å². The first kappa shape index (κ1) is 22.2. The fourth-order valence-electron chi connectivity index (χ4n) is 3.90. The van der Waals surface area contributed by atoms with Crippen LogP contribution in [0.1, 0.15) is 47.7 Å². The Kier molecular flexibility index (Phi) is 5.95. The highest BCUT2D eigenvalue weighted by Gasteiger charge is 2.48. The average molecular weight is 448 g/mol. The van der Waals surface area contributed by atoms with Crippen LogP contribution >= 0.6 is 0 Å². The Labute approximate surface area is 190 Å². The molecule has 2 heterocycles. The first-order chi connectivity index (χ1) is 15.8. The second-order valence-corrected chi connectivity index (χ2v) is 8.40. The number of rotatable bonds is 7. The van der Waals surface area contributed by atoms with Crippen molar-refractivity contribution >= 4 is 29.7 Å². The highest BCUT2D eigenvalue weighted by atomic mass is 16.2. The lowest BCUT2D eigenvalue weighted by atomic mass is 9.93. The molecular formula is C24H24N4O5. The third kappa shape index (κ3) is 4.62. The Morgan fingerprint density at radius 3 is 2.21 bits per heavy atom. The zero-order chi connectivity index (χ0) is 23.6. The average Bonchev–Trinajstić information content (AvgIpc) is 3.24. The van der Waals surface area contributed by atoms with Gasteiger partial charge in [0.15, 0.2) is 0 Å². The van der Waals surface area contributed by atoms with E-state index in [9.17, 15) is 24.0 Å². The number of benzene rings is 2. The summed E-state index contributed by atoms with van der Waals surface area (Å²) in [6.07, 6.45) is 1.41. The summed E-state index contributed by atoms with van der Waals surface area (Å²) in [6, 6.07) is 15.2. The topological polar surface area (TPSA) is 116 Å². The summed E-state index contributed by atoms with van der Waals surface area (Å²) in [6.45, 7) is 1.78. The van der Waals surface area contributed by atoms with E-state index >= 15 is 0 Å².